The van der Waals surface area contributed by atoms with Crippen molar-refractivity contribution in [1.29, 1.82) is 0 Å². The van der Waals surface area contributed by atoms with Crippen molar-refractivity contribution < 1.29 is 4.74 Å². The van der Waals surface area contributed by atoms with E-state index in [4.69, 9.17) is 10.5 Å². The van der Waals surface area contributed by atoms with Gasteiger partial charge in [-0.2, -0.15) is 0 Å². The van der Waals surface area contributed by atoms with Gasteiger partial charge >= 0.3 is 0 Å². The van der Waals surface area contributed by atoms with Crippen molar-refractivity contribution in [2.75, 3.05) is 18.5 Å². The SMILES string of the molecule is CCOC(C)(C)CN=C(N)Nc1ccccc1. The van der Waals surface area contributed by atoms with Crippen LogP contribution in [0.25, 0.3) is 0 Å². The Morgan fingerprint density at radius 2 is 2.00 bits per heavy atom. The van der Waals surface area contributed by atoms with Crippen LogP contribution >= 0.6 is 0 Å². The first-order chi connectivity index (χ1) is 8.03. The Hall–Kier alpha value is -1.55. The molecule has 17 heavy (non-hydrogen) atoms. The van der Waals surface area contributed by atoms with Crippen molar-refractivity contribution in [3.8, 4) is 0 Å². The molecule has 0 bridgehead atoms. The van der Waals surface area contributed by atoms with Crippen LogP contribution in [-0.2, 0) is 4.74 Å². The number of aliphatic imine (C=N–C) groups is 1. The Balaban J connectivity index is 2.50. The van der Waals surface area contributed by atoms with Gasteiger partial charge in [0.25, 0.3) is 0 Å². The highest BCUT2D eigenvalue weighted by Crippen LogP contribution is 2.09. The fourth-order valence-electron chi connectivity index (χ4n) is 1.42. The number of benzene rings is 1. The standard InChI is InChI=1S/C13H21N3O/c1-4-17-13(2,3)10-15-12(14)16-11-8-6-5-7-9-11/h5-9H,4,10H2,1-3H3,(H3,14,15,16). The molecule has 1 rings (SSSR count). The van der Waals surface area contributed by atoms with Gasteiger partial charge in [-0.1, -0.05) is 18.2 Å². The zero-order chi connectivity index (χ0) is 12.7. The van der Waals surface area contributed by atoms with E-state index in [0.717, 1.165) is 5.69 Å². The van der Waals surface area contributed by atoms with E-state index in [-0.39, 0.29) is 5.60 Å². The number of hydrogen-bond donors (Lipinski definition) is 2. The van der Waals surface area contributed by atoms with E-state index in [0.29, 0.717) is 19.1 Å². The number of hydrogen-bond acceptors (Lipinski definition) is 2. The molecule has 0 aromatic heterocycles. The summed E-state index contributed by atoms with van der Waals surface area (Å²) < 4.78 is 5.54. The molecular formula is C13H21N3O. The van der Waals surface area contributed by atoms with Gasteiger partial charge in [-0.25, -0.2) is 0 Å². The molecule has 4 heteroatoms. The molecule has 1 aromatic carbocycles. The summed E-state index contributed by atoms with van der Waals surface area (Å²) in [5.74, 6) is 0.406. The first-order valence-electron chi connectivity index (χ1n) is 5.79. The van der Waals surface area contributed by atoms with Crippen LogP contribution in [0.4, 0.5) is 5.69 Å². The number of nitrogens with zero attached hydrogens (tertiary/aromatic N) is 1. The molecule has 0 atom stereocenters. The molecule has 0 saturated carbocycles. The van der Waals surface area contributed by atoms with E-state index in [1.807, 2.05) is 51.1 Å². The predicted molar refractivity (Wildman–Crippen MR) is 72.3 cm³/mol. The normalized spacial score (nSPS) is 12.5. The summed E-state index contributed by atoms with van der Waals surface area (Å²) in [6.45, 7) is 7.17. The molecule has 0 spiro atoms. The minimum atomic E-state index is -0.280. The molecule has 0 aliphatic rings. The quantitative estimate of drug-likeness (QED) is 0.607. The molecule has 0 heterocycles. The van der Waals surface area contributed by atoms with Crippen molar-refractivity contribution >= 4 is 11.6 Å². The maximum atomic E-state index is 5.79. The van der Waals surface area contributed by atoms with Gasteiger partial charge in [0.1, 0.15) is 0 Å². The van der Waals surface area contributed by atoms with Crippen LogP contribution in [-0.4, -0.2) is 24.7 Å². The van der Waals surface area contributed by atoms with E-state index in [1.54, 1.807) is 0 Å². The Morgan fingerprint density at radius 1 is 1.35 bits per heavy atom. The van der Waals surface area contributed by atoms with E-state index in [1.165, 1.54) is 0 Å². The molecule has 1 aromatic rings. The average molecular weight is 235 g/mol. The fourth-order valence-corrected chi connectivity index (χ4v) is 1.42. The van der Waals surface area contributed by atoms with Gasteiger partial charge in [0, 0.05) is 12.3 Å². The summed E-state index contributed by atoms with van der Waals surface area (Å²) in [6.07, 6.45) is 0. The second-order valence-electron chi connectivity index (χ2n) is 4.39. The van der Waals surface area contributed by atoms with Crippen LogP contribution in [0.3, 0.4) is 0 Å². The van der Waals surface area contributed by atoms with Gasteiger partial charge in [0.05, 0.1) is 12.1 Å². The lowest BCUT2D eigenvalue weighted by molar-refractivity contribution is -0.00210. The molecule has 3 N–H and O–H groups in total. The second-order valence-corrected chi connectivity index (χ2v) is 4.39. The molecule has 0 saturated heterocycles. The van der Waals surface area contributed by atoms with Gasteiger partial charge in [-0.3, -0.25) is 4.99 Å². The smallest absolute Gasteiger partial charge is 0.193 e. The summed E-state index contributed by atoms with van der Waals surface area (Å²) in [6, 6.07) is 9.72. The number of anilines is 1. The predicted octanol–water partition coefficient (Wildman–Crippen LogP) is 2.23. The fraction of sp³-hybridized carbons (Fsp3) is 0.462. The van der Waals surface area contributed by atoms with Crippen LogP contribution in [0.1, 0.15) is 20.8 Å². The maximum Gasteiger partial charge on any atom is 0.193 e. The van der Waals surface area contributed by atoms with Crippen molar-refractivity contribution in [3.63, 3.8) is 0 Å². The Kier molecular flexibility index (Phi) is 4.97. The molecule has 0 amide bonds. The lowest BCUT2D eigenvalue weighted by Gasteiger charge is -2.22. The second kappa shape index (κ2) is 6.25. The minimum Gasteiger partial charge on any atom is -0.374 e. The van der Waals surface area contributed by atoms with Gasteiger partial charge in [0.15, 0.2) is 5.96 Å². The monoisotopic (exact) mass is 235 g/mol. The number of rotatable bonds is 5. The van der Waals surface area contributed by atoms with Crippen LogP contribution in [0.5, 0.6) is 0 Å². The third kappa shape index (κ3) is 5.36. The number of guanidine groups is 1. The van der Waals surface area contributed by atoms with Crippen LogP contribution in [0.2, 0.25) is 0 Å². The molecule has 0 aliphatic carbocycles. The number of nitrogens with one attached hydrogen (secondary N) is 1. The van der Waals surface area contributed by atoms with Gasteiger partial charge in [-0.15, -0.1) is 0 Å². The highest BCUT2D eigenvalue weighted by atomic mass is 16.5. The zero-order valence-corrected chi connectivity index (χ0v) is 10.7. The van der Waals surface area contributed by atoms with Gasteiger partial charge in [0.2, 0.25) is 0 Å². The van der Waals surface area contributed by atoms with Gasteiger partial charge in [-0.05, 0) is 32.9 Å². The first kappa shape index (κ1) is 13.5. The number of para-hydroxylation sites is 1. The summed E-state index contributed by atoms with van der Waals surface area (Å²) in [5, 5.41) is 3.03. The Labute approximate surface area is 103 Å². The maximum absolute atomic E-state index is 5.79. The highest BCUT2D eigenvalue weighted by Gasteiger charge is 2.16. The minimum absolute atomic E-state index is 0.280. The Morgan fingerprint density at radius 3 is 2.59 bits per heavy atom. The number of ether oxygens (including phenoxy) is 1. The first-order valence-corrected chi connectivity index (χ1v) is 5.79. The van der Waals surface area contributed by atoms with Gasteiger partial charge < -0.3 is 15.8 Å². The van der Waals surface area contributed by atoms with Crippen molar-refractivity contribution in [3.05, 3.63) is 30.3 Å². The molecule has 0 radical (unpaired) electrons. The molecule has 0 unspecified atom stereocenters. The van der Waals surface area contributed by atoms with Crippen molar-refractivity contribution in [1.82, 2.24) is 0 Å². The molecule has 94 valence electrons. The lowest BCUT2D eigenvalue weighted by Crippen LogP contribution is -2.31. The molecule has 0 aliphatic heterocycles. The molecular weight excluding hydrogens is 214 g/mol. The summed E-state index contributed by atoms with van der Waals surface area (Å²) in [7, 11) is 0. The van der Waals surface area contributed by atoms with E-state index in [2.05, 4.69) is 10.3 Å². The Bertz CT molecular complexity index is 360. The summed E-state index contributed by atoms with van der Waals surface area (Å²) >= 11 is 0. The third-order valence-corrected chi connectivity index (χ3v) is 2.21. The van der Waals surface area contributed by atoms with Crippen molar-refractivity contribution in [2.24, 2.45) is 10.7 Å². The summed E-state index contributed by atoms with van der Waals surface area (Å²) in [4.78, 5) is 4.27. The van der Waals surface area contributed by atoms with Crippen LogP contribution in [0.15, 0.2) is 35.3 Å². The molecule has 0 fully saturated rings. The average Bonchev–Trinajstić information content (AvgIpc) is 2.28. The lowest BCUT2D eigenvalue weighted by atomic mass is 10.1. The van der Waals surface area contributed by atoms with Crippen LogP contribution < -0.4 is 11.1 Å². The van der Waals surface area contributed by atoms with E-state index >= 15 is 0 Å². The van der Waals surface area contributed by atoms with Crippen molar-refractivity contribution in [2.45, 2.75) is 26.4 Å². The van der Waals surface area contributed by atoms with E-state index in [9.17, 15) is 0 Å². The topological polar surface area (TPSA) is 59.6 Å². The molecule has 4 nitrogen and oxygen atoms in total. The largest absolute Gasteiger partial charge is 0.374 e. The number of nitrogens with two attached hydrogens (primary N) is 1. The third-order valence-electron chi connectivity index (χ3n) is 2.21. The van der Waals surface area contributed by atoms with E-state index < -0.39 is 0 Å². The summed E-state index contributed by atoms with van der Waals surface area (Å²) in [5.41, 5.74) is 6.45. The zero-order valence-electron chi connectivity index (χ0n) is 10.7. The highest BCUT2D eigenvalue weighted by molar-refractivity contribution is 5.92. The van der Waals surface area contributed by atoms with Crippen LogP contribution in [0, 0.1) is 0 Å².